The lowest BCUT2D eigenvalue weighted by Gasteiger charge is -2.31. The normalized spacial score (nSPS) is 16.0. The summed E-state index contributed by atoms with van der Waals surface area (Å²) in [6.07, 6.45) is 1.84. The first kappa shape index (κ1) is 16.9. The van der Waals surface area contributed by atoms with E-state index in [0.29, 0.717) is 18.3 Å². The summed E-state index contributed by atoms with van der Waals surface area (Å²) < 4.78 is 7.73. The molecular weight excluding hydrogens is 354 g/mol. The molecule has 4 aromatic rings. The van der Waals surface area contributed by atoms with Gasteiger partial charge in [-0.2, -0.15) is 0 Å². The van der Waals surface area contributed by atoms with E-state index >= 15 is 0 Å². The van der Waals surface area contributed by atoms with Crippen molar-refractivity contribution in [1.29, 1.82) is 0 Å². The van der Waals surface area contributed by atoms with Crippen LogP contribution in [-0.2, 0) is 6.54 Å². The molecule has 0 saturated carbocycles. The minimum absolute atomic E-state index is 0.0240. The number of aromatic nitrogens is 4. The molecule has 1 aliphatic rings. The zero-order chi connectivity index (χ0) is 18.9. The molecule has 1 saturated heterocycles. The molecule has 0 bridgehead atoms. The Labute approximate surface area is 161 Å². The summed E-state index contributed by atoms with van der Waals surface area (Å²) in [6, 6.07) is 17.9. The van der Waals surface area contributed by atoms with Gasteiger partial charge in [-0.1, -0.05) is 30.3 Å². The van der Waals surface area contributed by atoms with Crippen LogP contribution in [0, 0.1) is 0 Å². The van der Waals surface area contributed by atoms with Crippen LogP contribution in [0.5, 0.6) is 0 Å². The van der Waals surface area contributed by atoms with Gasteiger partial charge in [0.1, 0.15) is 0 Å². The van der Waals surface area contributed by atoms with E-state index in [0.717, 1.165) is 42.5 Å². The number of hydrogen-bond donors (Lipinski definition) is 1. The van der Waals surface area contributed by atoms with Crippen molar-refractivity contribution in [2.24, 2.45) is 0 Å². The molecule has 142 valence electrons. The summed E-state index contributed by atoms with van der Waals surface area (Å²) >= 11 is 0. The van der Waals surface area contributed by atoms with Crippen LogP contribution >= 0.6 is 0 Å². The van der Waals surface area contributed by atoms with Gasteiger partial charge in [0.25, 0.3) is 0 Å². The van der Waals surface area contributed by atoms with Gasteiger partial charge in [0, 0.05) is 24.7 Å². The predicted molar refractivity (Wildman–Crippen MR) is 106 cm³/mol. The molecule has 0 spiro atoms. The molecule has 0 atom stereocenters. The van der Waals surface area contributed by atoms with Gasteiger partial charge in [0.15, 0.2) is 0 Å². The average molecular weight is 375 g/mol. The van der Waals surface area contributed by atoms with Gasteiger partial charge in [-0.15, -0.1) is 10.2 Å². The van der Waals surface area contributed by atoms with E-state index in [1.807, 2.05) is 59.2 Å². The number of likely N-dealkylation sites (tertiary alicyclic amines) is 1. The Morgan fingerprint density at radius 3 is 2.57 bits per heavy atom. The molecule has 3 heterocycles. The van der Waals surface area contributed by atoms with Crippen LogP contribution in [0.1, 0.15) is 24.8 Å². The SMILES string of the molecule is O=c1[nH]c2ccccc2n1C1CCN(Cc2nnc(-c3ccccc3)o2)CC1. The number of aromatic amines is 1. The van der Waals surface area contributed by atoms with Gasteiger partial charge in [0.05, 0.1) is 17.6 Å². The van der Waals surface area contributed by atoms with E-state index in [-0.39, 0.29) is 11.7 Å². The third kappa shape index (κ3) is 3.14. The number of H-pyrrole nitrogens is 1. The predicted octanol–water partition coefficient (Wildman–Crippen LogP) is 3.22. The summed E-state index contributed by atoms with van der Waals surface area (Å²) in [4.78, 5) is 17.7. The molecule has 2 aromatic carbocycles. The van der Waals surface area contributed by atoms with Gasteiger partial charge in [-0.3, -0.25) is 9.47 Å². The first-order chi connectivity index (χ1) is 13.8. The largest absolute Gasteiger partial charge is 0.419 e. The molecule has 28 heavy (non-hydrogen) atoms. The molecule has 0 unspecified atom stereocenters. The molecule has 5 rings (SSSR count). The van der Waals surface area contributed by atoms with E-state index in [2.05, 4.69) is 20.1 Å². The van der Waals surface area contributed by atoms with Crippen molar-refractivity contribution in [3.8, 4) is 11.5 Å². The maximum atomic E-state index is 12.4. The molecule has 0 amide bonds. The molecule has 1 fully saturated rings. The molecule has 1 N–H and O–H groups in total. The third-order valence-electron chi connectivity index (χ3n) is 5.39. The number of piperidine rings is 1. The highest BCUT2D eigenvalue weighted by Gasteiger charge is 2.24. The summed E-state index contributed by atoms with van der Waals surface area (Å²) in [7, 11) is 0. The standard InChI is InChI=1S/C21H21N5O2/c27-21-22-17-8-4-5-9-18(17)26(21)16-10-12-25(13-11-16)14-19-23-24-20(28-19)15-6-2-1-3-7-15/h1-9,16H,10-14H2,(H,22,27). The fourth-order valence-electron chi connectivity index (χ4n) is 3.98. The smallest absolute Gasteiger partial charge is 0.326 e. The topological polar surface area (TPSA) is 80.0 Å². The van der Waals surface area contributed by atoms with Crippen LogP contribution in [0.3, 0.4) is 0 Å². The van der Waals surface area contributed by atoms with E-state index in [4.69, 9.17) is 4.42 Å². The number of benzene rings is 2. The second-order valence-corrected chi connectivity index (χ2v) is 7.19. The van der Waals surface area contributed by atoms with Crippen molar-refractivity contribution in [1.82, 2.24) is 24.6 Å². The second kappa shape index (κ2) is 7.09. The van der Waals surface area contributed by atoms with Crippen LogP contribution in [0.25, 0.3) is 22.5 Å². The minimum Gasteiger partial charge on any atom is -0.419 e. The number of para-hydroxylation sites is 2. The Morgan fingerprint density at radius 1 is 1.00 bits per heavy atom. The Balaban J connectivity index is 1.26. The zero-order valence-corrected chi connectivity index (χ0v) is 15.4. The van der Waals surface area contributed by atoms with Crippen LogP contribution in [0.4, 0.5) is 0 Å². The van der Waals surface area contributed by atoms with E-state index in [9.17, 15) is 4.79 Å². The first-order valence-electron chi connectivity index (χ1n) is 9.57. The molecule has 0 aliphatic carbocycles. The van der Waals surface area contributed by atoms with Crippen LogP contribution in [-0.4, -0.2) is 37.7 Å². The van der Waals surface area contributed by atoms with Crippen molar-refractivity contribution in [2.75, 3.05) is 13.1 Å². The molecule has 7 heteroatoms. The molecular formula is C21H21N5O2. The van der Waals surface area contributed by atoms with E-state index < -0.39 is 0 Å². The molecule has 7 nitrogen and oxygen atoms in total. The second-order valence-electron chi connectivity index (χ2n) is 7.19. The fourth-order valence-corrected chi connectivity index (χ4v) is 3.98. The quantitative estimate of drug-likeness (QED) is 0.592. The fraction of sp³-hybridized carbons (Fsp3) is 0.286. The maximum absolute atomic E-state index is 12.4. The highest BCUT2D eigenvalue weighted by atomic mass is 16.4. The lowest BCUT2D eigenvalue weighted by molar-refractivity contribution is 0.167. The summed E-state index contributed by atoms with van der Waals surface area (Å²) in [5, 5.41) is 8.35. The number of imidazole rings is 1. The number of nitrogens with one attached hydrogen (secondary N) is 1. The Morgan fingerprint density at radius 2 is 1.75 bits per heavy atom. The van der Waals surface area contributed by atoms with Crippen LogP contribution < -0.4 is 5.69 Å². The maximum Gasteiger partial charge on any atom is 0.326 e. The average Bonchev–Trinajstić information content (AvgIpc) is 3.33. The highest BCUT2D eigenvalue weighted by molar-refractivity contribution is 5.75. The Bertz CT molecular complexity index is 1140. The number of nitrogens with zero attached hydrogens (tertiary/aromatic N) is 4. The third-order valence-corrected chi connectivity index (χ3v) is 5.39. The number of fused-ring (bicyclic) bond motifs is 1. The van der Waals surface area contributed by atoms with Crippen molar-refractivity contribution in [3.63, 3.8) is 0 Å². The van der Waals surface area contributed by atoms with Crippen molar-refractivity contribution < 1.29 is 4.42 Å². The molecule has 1 aliphatic heterocycles. The molecule has 0 radical (unpaired) electrons. The Kier molecular flexibility index (Phi) is 4.29. The zero-order valence-electron chi connectivity index (χ0n) is 15.4. The van der Waals surface area contributed by atoms with Crippen LogP contribution in [0.2, 0.25) is 0 Å². The lowest BCUT2D eigenvalue weighted by atomic mass is 10.0. The molecule has 2 aromatic heterocycles. The Hall–Kier alpha value is -3.19. The van der Waals surface area contributed by atoms with Crippen molar-refractivity contribution >= 4 is 11.0 Å². The van der Waals surface area contributed by atoms with Crippen LogP contribution in [0.15, 0.2) is 63.8 Å². The number of rotatable bonds is 4. The summed E-state index contributed by atoms with van der Waals surface area (Å²) in [6.45, 7) is 2.41. The van der Waals surface area contributed by atoms with Gasteiger partial charge >= 0.3 is 5.69 Å². The van der Waals surface area contributed by atoms with E-state index in [1.165, 1.54) is 0 Å². The van der Waals surface area contributed by atoms with Crippen molar-refractivity contribution in [2.45, 2.75) is 25.4 Å². The monoisotopic (exact) mass is 375 g/mol. The summed E-state index contributed by atoms with van der Waals surface area (Å²) in [5.74, 6) is 1.18. The van der Waals surface area contributed by atoms with E-state index in [1.54, 1.807) is 0 Å². The first-order valence-corrected chi connectivity index (χ1v) is 9.57. The lowest BCUT2D eigenvalue weighted by Crippen LogP contribution is -2.36. The number of hydrogen-bond acceptors (Lipinski definition) is 5. The van der Waals surface area contributed by atoms with Crippen molar-refractivity contribution in [3.05, 3.63) is 71.0 Å². The minimum atomic E-state index is -0.0240. The van der Waals surface area contributed by atoms with Gasteiger partial charge in [-0.25, -0.2) is 4.79 Å². The van der Waals surface area contributed by atoms with Gasteiger partial charge in [-0.05, 0) is 37.1 Å². The highest BCUT2D eigenvalue weighted by Crippen LogP contribution is 2.26. The van der Waals surface area contributed by atoms with Gasteiger partial charge < -0.3 is 9.40 Å². The van der Waals surface area contributed by atoms with Gasteiger partial charge in [0.2, 0.25) is 11.8 Å². The summed E-state index contributed by atoms with van der Waals surface area (Å²) in [5.41, 5.74) is 2.78.